The van der Waals surface area contributed by atoms with Crippen molar-refractivity contribution in [2.75, 3.05) is 18.5 Å². The van der Waals surface area contributed by atoms with Gasteiger partial charge in [-0.05, 0) is 49.6 Å². The van der Waals surface area contributed by atoms with Crippen molar-refractivity contribution in [3.05, 3.63) is 23.8 Å². The summed E-state index contributed by atoms with van der Waals surface area (Å²) < 4.78 is 5.81. The Kier molecular flexibility index (Phi) is 3.19. The monoisotopic (exact) mass is 246 g/mol. The van der Waals surface area contributed by atoms with Crippen LogP contribution in [0.1, 0.15) is 24.8 Å². The number of carbonyl (C=O) groups excluding carboxylic acids is 1. The second-order valence-corrected chi connectivity index (χ2v) is 4.97. The Bertz CT molecular complexity index is 453. The highest BCUT2D eigenvalue weighted by Crippen LogP contribution is 2.27. The first-order chi connectivity index (χ1) is 8.81. The number of hydrogen-bond acceptors (Lipinski definition) is 3. The van der Waals surface area contributed by atoms with E-state index in [1.807, 2.05) is 18.2 Å². The number of benzene rings is 1. The number of anilines is 1. The van der Waals surface area contributed by atoms with Crippen LogP contribution in [-0.4, -0.2) is 25.1 Å². The largest absolute Gasteiger partial charge is 0.492 e. The Labute approximate surface area is 107 Å². The summed E-state index contributed by atoms with van der Waals surface area (Å²) in [6.45, 7) is 1.83. The zero-order valence-corrected chi connectivity index (χ0v) is 10.4. The Morgan fingerprint density at radius 2 is 2.28 bits per heavy atom. The minimum atomic E-state index is 0.103. The van der Waals surface area contributed by atoms with Crippen LogP contribution in [0.5, 0.6) is 5.75 Å². The van der Waals surface area contributed by atoms with Gasteiger partial charge in [0, 0.05) is 18.2 Å². The Morgan fingerprint density at radius 1 is 1.33 bits per heavy atom. The third kappa shape index (κ3) is 2.48. The van der Waals surface area contributed by atoms with Gasteiger partial charge >= 0.3 is 0 Å². The number of nitrogens with one attached hydrogen (secondary N) is 2. The average Bonchev–Trinajstić information content (AvgIpc) is 2.89. The van der Waals surface area contributed by atoms with Crippen LogP contribution in [0.2, 0.25) is 0 Å². The Balaban J connectivity index is 1.64. The number of aryl methyl sites for hydroxylation is 1. The van der Waals surface area contributed by atoms with Gasteiger partial charge < -0.3 is 15.4 Å². The predicted molar refractivity (Wildman–Crippen MR) is 69.9 cm³/mol. The highest BCUT2D eigenvalue weighted by atomic mass is 16.5. The van der Waals surface area contributed by atoms with Crippen molar-refractivity contribution in [1.29, 1.82) is 0 Å². The third-order valence-corrected chi connectivity index (χ3v) is 3.59. The molecule has 0 aromatic heterocycles. The van der Waals surface area contributed by atoms with E-state index in [0.29, 0.717) is 12.5 Å². The summed E-state index contributed by atoms with van der Waals surface area (Å²) in [6.07, 6.45) is 3.81. The fraction of sp³-hybridized carbons (Fsp3) is 0.500. The minimum absolute atomic E-state index is 0.103. The van der Waals surface area contributed by atoms with Gasteiger partial charge in [-0.15, -0.1) is 0 Å². The number of fused-ring (bicyclic) bond motifs is 1. The Morgan fingerprint density at radius 3 is 3.11 bits per heavy atom. The first-order valence-electron chi connectivity index (χ1n) is 6.60. The maximum atomic E-state index is 11.3. The maximum absolute atomic E-state index is 11.3. The van der Waals surface area contributed by atoms with Crippen molar-refractivity contribution in [2.45, 2.75) is 31.7 Å². The van der Waals surface area contributed by atoms with Gasteiger partial charge in [0.2, 0.25) is 5.91 Å². The van der Waals surface area contributed by atoms with E-state index in [2.05, 4.69) is 10.6 Å². The highest BCUT2D eigenvalue weighted by molar-refractivity contribution is 5.93. The van der Waals surface area contributed by atoms with E-state index >= 15 is 0 Å². The van der Waals surface area contributed by atoms with Gasteiger partial charge in [0.25, 0.3) is 0 Å². The normalized spacial score (nSPS) is 22.4. The van der Waals surface area contributed by atoms with Crippen LogP contribution in [0.4, 0.5) is 5.69 Å². The van der Waals surface area contributed by atoms with Crippen LogP contribution in [0.25, 0.3) is 0 Å². The van der Waals surface area contributed by atoms with Crippen LogP contribution in [0, 0.1) is 0 Å². The third-order valence-electron chi connectivity index (χ3n) is 3.59. The molecule has 0 saturated carbocycles. The number of amides is 1. The molecule has 1 saturated heterocycles. The minimum Gasteiger partial charge on any atom is -0.492 e. The summed E-state index contributed by atoms with van der Waals surface area (Å²) in [6, 6.07) is 6.40. The summed E-state index contributed by atoms with van der Waals surface area (Å²) in [5, 5.41) is 6.29. The lowest BCUT2D eigenvalue weighted by molar-refractivity contribution is -0.116. The summed E-state index contributed by atoms with van der Waals surface area (Å²) in [5.41, 5.74) is 2.10. The molecule has 0 bridgehead atoms. The number of hydrogen-bond donors (Lipinski definition) is 2. The average molecular weight is 246 g/mol. The molecule has 18 heavy (non-hydrogen) atoms. The number of rotatable bonds is 3. The lowest BCUT2D eigenvalue weighted by Gasteiger charge is -2.18. The lowest BCUT2D eigenvalue weighted by atomic mass is 10.0. The molecule has 0 aliphatic carbocycles. The first-order valence-corrected chi connectivity index (χ1v) is 6.60. The second kappa shape index (κ2) is 4.98. The fourth-order valence-corrected chi connectivity index (χ4v) is 2.55. The zero-order valence-electron chi connectivity index (χ0n) is 10.4. The van der Waals surface area contributed by atoms with Crippen molar-refractivity contribution < 1.29 is 9.53 Å². The van der Waals surface area contributed by atoms with E-state index in [9.17, 15) is 4.79 Å². The van der Waals surface area contributed by atoms with Gasteiger partial charge in [-0.25, -0.2) is 0 Å². The molecule has 2 heterocycles. The fourth-order valence-electron chi connectivity index (χ4n) is 2.55. The molecule has 3 rings (SSSR count). The van der Waals surface area contributed by atoms with E-state index < -0.39 is 0 Å². The molecule has 0 spiro atoms. The van der Waals surface area contributed by atoms with Crippen LogP contribution in [-0.2, 0) is 11.2 Å². The number of carbonyl (C=O) groups is 1. The van der Waals surface area contributed by atoms with Crippen LogP contribution >= 0.6 is 0 Å². The van der Waals surface area contributed by atoms with Gasteiger partial charge in [-0.2, -0.15) is 0 Å². The van der Waals surface area contributed by atoms with Gasteiger partial charge in [0.05, 0.1) is 0 Å². The molecule has 1 aromatic rings. The molecule has 1 aromatic carbocycles. The molecule has 4 nitrogen and oxygen atoms in total. The summed E-state index contributed by atoms with van der Waals surface area (Å²) >= 11 is 0. The zero-order chi connectivity index (χ0) is 12.4. The van der Waals surface area contributed by atoms with Crippen LogP contribution < -0.4 is 15.4 Å². The standard InChI is InChI=1S/C14H18N2O2/c17-14-6-3-10-8-12(4-5-13(10)16-14)18-9-11-2-1-7-15-11/h4-5,8,11,15H,1-3,6-7,9H2,(H,16,17)/t11-/m0/s1. The highest BCUT2D eigenvalue weighted by Gasteiger charge is 2.17. The quantitative estimate of drug-likeness (QED) is 0.853. The smallest absolute Gasteiger partial charge is 0.224 e. The van der Waals surface area contributed by atoms with Gasteiger partial charge in [-0.1, -0.05) is 0 Å². The second-order valence-electron chi connectivity index (χ2n) is 4.97. The molecule has 1 atom stereocenters. The molecule has 2 aliphatic heterocycles. The Hall–Kier alpha value is -1.55. The molecule has 96 valence electrons. The van der Waals surface area contributed by atoms with Crippen LogP contribution in [0.15, 0.2) is 18.2 Å². The molecule has 1 amide bonds. The van der Waals surface area contributed by atoms with Crippen molar-refractivity contribution in [3.63, 3.8) is 0 Å². The SMILES string of the molecule is O=C1CCc2cc(OC[C@@H]3CCCN3)ccc2N1. The summed E-state index contributed by atoms with van der Waals surface area (Å²) in [5.74, 6) is 1.00. The van der Waals surface area contributed by atoms with E-state index in [1.165, 1.54) is 18.4 Å². The molecule has 4 heteroatoms. The number of ether oxygens (including phenoxy) is 1. The van der Waals surface area contributed by atoms with Crippen molar-refractivity contribution in [3.8, 4) is 5.75 Å². The summed E-state index contributed by atoms with van der Waals surface area (Å²) in [7, 11) is 0. The van der Waals surface area contributed by atoms with E-state index in [0.717, 1.165) is 31.0 Å². The van der Waals surface area contributed by atoms with Crippen molar-refractivity contribution in [2.24, 2.45) is 0 Å². The molecule has 1 fully saturated rings. The molecule has 2 N–H and O–H groups in total. The van der Waals surface area contributed by atoms with Gasteiger partial charge in [-0.3, -0.25) is 4.79 Å². The van der Waals surface area contributed by atoms with E-state index in [1.54, 1.807) is 0 Å². The lowest BCUT2D eigenvalue weighted by Crippen LogP contribution is -2.28. The molecule has 2 aliphatic rings. The van der Waals surface area contributed by atoms with Crippen LogP contribution in [0.3, 0.4) is 0 Å². The van der Waals surface area contributed by atoms with Crippen molar-refractivity contribution >= 4 is 11.6 Å². The van der Waals surface area contributed by atoms with E-state index in [4.69, 9.17) is 4.74 Å². The van der Waals surface area contributed by atoms with Gasteiger partial charge in [0.1, 0.15) is 12.4 Å². The first kappa shape index (κ1) is 11.5. The topological polar surface area (TPSA) is 50.4 Å². The predicted octanol–water partition coefficient (Wildman–Crippen LogP) is 1.70. The molecule has 0 radical (unpaired) electrons. The summed E-state index contributed by atoms with van der Waals surface area (Å²) in [4.78, 5) is 11.3. The van der Waals surface area contributed by atoms with Crippen molar-refractivity contribution in [1.82, 2.24) is 5.32 Å². The maximum Gasteiger partial charge on any atom is 0.224 e. The molecular formula is C14H18N2O2. The molecular weight excluding hydrogens is 228 g/mol. The van der Waals surface area contributed by atoms with Gasteiger partial charge in [0.15, 0.2) is 0 Å². The van der Waals surface area contributed by atoms with E-state index in [-0.39, 0.29) is 5.91 Å². The molecule has 0 unspecified atom stereocenters.